The van der Waals surface area contributed by atoms with Crippen molar-refractivity contribution in [1.29, 1.82) is 0 Å². The van der Waals surface area contributed by atoms with Gasteiger partial charge < -0.3 is 20.1 Å². The summed E-state index contributed by atoms with van der Waals surface area (Å²) in [5.74, 6) is -1.73. The van der Waals surface area contributed by atoms with Gasteiger partial charge in [-0.15, -0.1) is 0 Å². The minimum Gasteiger partial charge on any atom is -0.508 e. The van der Waals surface area contributed by atoms with Crippen LogP contribution >= 0.6 is 0 Å². The second kappa shape index (κ2) is 6.57. The molecule has 0 bridgehead atoms. The zero-order valence-electron chi connectivity index (χ0n) is 14.9. The Hall–Kier alpha value is -3.09. The molecular weight excluding hydrogens is 348 g/mol. The number of fused-ring (bicyclic) bond motifs is 2. The molecule has 1 amide bonds. The van der Waals surface area contributed by atoms with Crippen molar-refractivity contribution in [2.24, 2.45) is 0 Å². The monoisotopic (exact) mass is 368 g/mol. The molecule has 0 spiro atoms. The van der Waals surface area contributed by atoms with Crippen LogP contribution in [0.15, 0.2) is 46.8 Å². The van der Waals surface area contributed by atoms with Crippen LogP contribution in [0.5, 0.6) is 5.75 Å². The van der Waals surface area contributed by atoms with Crippen molar-refractivity contribution in [3.8, 4) is 5.75 Å². The quantitative estimate of drug-likeness (QED) is 0.765. The molecule has 1 aromatic rings. The number of piperazine rings is 1. The number of ether oxygens (including phenoxy) is 1. The van der Waals surface area contributed by atoms with E-state index in [1.807, 2.05) is 0 Å². The first kappa shape index (κ1) is 17.3. The van der Waals surface area contributed by atoms with Crippen LogP contribution < -0.4 is 5.32 Å². The zero-order chi connectivity index (χ0) is 19.1. The van der Waals surface area contributed by atoms with Crippen LogP contribution in [0.1, 0.15) is 30.7 Å². The van der Waals surface area contributed by atoms with Crippen molar-refractivity contribution in [3.05, 3.63) is 52.4 Å². The summed E-state index contributed by atoms with van der Waals surface area (Å²) in [5.41, 5.74) is 2.32. The molecule has 27 heavy (non-hydrogen) atoms. The van der Waals surface area contributed by atoms with E-state index in [0.717, 1.165) is 5.70 Å². The second-order valence-corrected chi connectivity index (χ2v) is 6.83. The molecular formula is C20H20N2O5. The number of carbonyl (C=O) groups is 3. The molecule has 7 heteroatoms. The fourth-order valence-electron chi connectivity index (χ4n) is 4.23. The third kappa shape index (κ3) is 2.70. The lowest BCUT2D eigenvalue weighted by Crippen LogP contribution is -2.50. The summed E-state index contributed by atoms with van der Waals surface area (Å²) in [7, 11) is 1.26. The smallest absolute Gasteiger partial charge is 0.337 e. The van der Waals surface area contributed by atoms with Gasteiger partial charge in [-0.25, -0.2) is 4.79 Å². The Morgan fingerprint density at radius 3 is 2.85 bits per heavy atom. The maximum Gasteiger partial charge on any atom is 0.337 e. The molecule has 0 aromatic heterocycles. The summed E-state index contributed by atoms with van der Waals surface area (Å²) in [6.45, 7) is 0.943. The molecule has 2 aliphatic heterocycles. The van der Waals surface area contributed by atoms with Crippen molar-refractivity contribution in [3.63, 3.8) is 0 Å². The molecule has 7 nitrogen and oxygen atoms in total. The molecule has 3 aliphatic rings. The van der Waals surface area contributed by atoms with Gasteiger partial charge in [-0.3, -0.25) is 9.59 Å². The number of methoxy groups -OCH3 is 1. The average molecular weight is 368 g/mol. The van der Waals surface area contributed by atoms with E-state index in [4.69, 9.17) is 4.74 Å². The lowest BCUT2D eigenvalue weighted by Gasteiger charge is -2.43. The van der Waals surface area contributed by atoms with Gasteiger partial charge in [-0.1, -0.05) is 12.1 Å². The summed E-state index contributed by atoms with van der Waals surface area (Å²) in [6, 6.07) is 6.45. The lowest BCUT2D eigenvalue weighted by atomic mass is 9.74. The number of aromatic hydroxyl groups is 1. The second-order valence-electron chi connectivity index (χ2n) is 6.83. The van der Waals surface area contributed by atoms with Gasteiger partial charge in [0.15, 0.2) is 5.78 Å². The molecule has 4 rings (SSSR count). The standard InChI is InChI=1S/C20H20N2O5/c1-27-20(26)17-15(11-4-2-5-12(23)10-11)16-13(6-3-7-14(16)24)22-9-8-21-19(25)18(17)22/h2,4-5,10,15,23H,3,6-9H2,1H3,(H,21,25)/t15-/m1/s1. The highest BCUT2D eigenvalue weighted by Gasteiger charge is 2.45. The molecule has 1 aromatic carbocycles. The van der Waals surface area contributed by atoms with Crippen molar-refractivity contribution in [1.82, 2.24) is 10.2 Å². The Balaban J connectivity index is 2.02. The number of rotatable bonds is 2. The zero-order valence-corrected chi connectivity index (χ0v) is 14.9. The first-order valence-corrected chi connectivity index (χ1v) is 8.96. The van der Waals surface area contributed by atoms with E-state index in [9.17, 15) is 19.5 Å². The van der Waals surface area contributed by atoms with E-state index in [2.05, 4.69) is 5.32 Å². The van der Waals surface area contributed by atoms with Crippen LogP contribution in [0.25, 0.3) is 0 Å². The van der Waals surface area contributed by atoms with Crippen LogP contribution in [0, 0.1) is 0 Å². The minimum atomic E-state index is -0.734. The highest BCUT2D eigenvalue weighted by Crippen LogP contribution is 2.47. The fraction of sp³-hybridized carbons (Fsp3) is 0.350. The normalized spacial score (nSPS) is 22.3. The molecule has 140 valence electrons. The van der Waals surface area contributed by atoms with Crippen molar-refractivity contribution >= 4 is 17.7 Å². The van der Waals surface area contributed by atoms with Crippen molar-refractivity contribution in [2.45, 2.75) is 25.2 Å². The number of hydrogen-bond acceptors (Lipinski definition) is 6. The summed E-state index contributed by atoms with van der Waals surface area (Å²) in [6.07, 6.45) is 1.78. The number of ketones is 1. The molecule has 0 radical (unpaired) electrons. The maximum atomic E-state index is 12.9. The first-order chi connectivity index (χ1) is 13.0. The number of carbonyl (C=O) groups excluding carboxylic acids is 3. The van der Waals surface area contributed by atoms with Gasteiger partial charge in [0, 0.05) is 36.7 Å². The molecule has 2 heterocycles. The molecule has 1 fully saturated rings. The first-order valence-electron chi connectivity index (χ1n) is 8.96. The predicted molar refractivity (Wildman–Crippen MR) is 95.5 cm³/mol. The number of esters is 1. The number of phenolic OH excluding ortho intramolecular Hbond substituents is 1. The molecule has 1 atom stereocenters. The summed E-state index contributed by atoms with van der Waals surface area (Å²) >= 11 is 0. The SMILES string of the molecule is COC(=O)C1=C2C(=O)NCCN2C2=C(C(=O)CCC2)[C@H]1c1cccc(O)c1. The van der Waals surface area contributed by atoms with Crippen LogP contribution in [0.4, 0.5) is 0 Å². The Morgan fingerprint density at radius 1 is 1.30 bits per heavy atom. The van der Waals surface area contributed by atoms with E-state index in [1.54, 1.807) is 17.0 Å². The predicted octanol–water partition coefficient (Wildman–Crippen LogP) is 1.36. The number of allylic oxidation sites excluding steroid dienone is 2. The molecule has 0 saturated carbocycles. The van der Waals surface area contributed by atoms with E-state index in [-0.39, 0.29) is 28.7 Å². The van der Waals surface area contributed by atoms with Gasteiger partial charge in [0.05, 0.1) is 12.7 Å². The number of Topliss-reactive ketones (excluding diaryl/α,β-unsaturated/α-hetero) is 1. The van der Waals surface area contributed by atoms with Crippen molar-refractivity contribution in [2.75, 3.05) is 20.2 Å². The maximum absolute atomic E-state index is 12.9. The number of amides is 1. The highest BCUT2D eigenvalue weighted by molar-refractivity contribution is 6.09. The number of hydrogen-bond donors (Lipinski definition) is 2. The lowest BCUT2D eigenvalue weighted by molar-refractivity contribution is -0.137. The summed E-state index contributed by atoms with van der Waals surface area (Å²) < 4.78 is 4.98. The van der Waals surface area contributed by atoms with Gasteiger partial charge in [0.1, 0.15) is 11.4 Å². The molecule has 1 saturated heterocycles. The van der Waals surface area contributed by atoms with Gasteiger partial charge in [-0.05, 0) is 30.5 Å². The van der Waals surface area contributed by atoms with Gasteiger partial charge >= 0.3 is 5.97 Å². The number of phenols is 1. The van der Waals surface area contributed by atoms with E-state index >= 15 is 0 Å². The fourth-order valence-corrected chi connectivity index (χ4v) is 4.23. The molecule has 2 N–H and O–H groups in total. The topological polar surface area (TPSA) is 95.9 Å². The summed E-state index contributed by atoms with van der Waals surface area (Å²) in [5, 5.41) is 12.7. The van der Waals surface area contributed by atoms with E-state index in [0.29, 0.717) is 43.5 Å². The van der Waals surface area contributed by atoms with Gasteiger partial charge in [-0.2, -0.15) is 0 Å². The van der Waals surface area contributed by atoms with Gasteiger partial charge in [0.2, 0.25) is 0 Å². The van der Waals surface area contributed by atoms with E-state index in [1.165, 1.54) is 19.2 Å². The largest absolute Gasteiger partial charge is 0.508 e. The Morgan fingerprint density at radius 2 is 2.11 bits per heavy atom. The van der Waals surface area contributed by atoms with Crippen LogP contribution in [-0.2, 0) is 19.1 Å². The van der Waals surface area contributed by atoms with Crippen LogP contribution in [0.3, 0.4) is 0 Å². The Labute approximate surface area is 156 Å². The van der Waals surface area contributed by atoms with E-state index < -0.39 is 11.9 Å². The highest BCUT2D eigenvalue weighted by atomic mass is 16.5. The minimum absolute atomic E-state index is 0.0302. The third-order valence-electron chi connectivity index (χ3n) is 5.30. The third-order valence-corrected chi connectivity index (χ3v) is 5.30. The summed E-state index contributed by atoms with van der Waals surface area (Å²) in [4.78, 5) is 40.1. The Bertz CT molecular complexity index is 915. The Kier molecular flexibility index (Phi) is 4.22. The van der Waals surface area contributed by atoms with Gasteiger partial charge in [0.25, 0.3) is 5.91 Å². The van der Waals surface area contributed by atoms with Crippen LogP contribution in [0.2, 0.25) is 0 Å². The van der Waals surface area contributed by atoms with Crippen molar-refractivity contribution < 1.29 is 24.2 Å². The number of nitrogens with zero attached hydrogens (tertiary/aromatic N) is 1. The average Bonchev–Trinajstić information content (AvgIpc) is 2.67. The molecule has 1 aliphatic carbocycles. The number of benzene rings is 1. The number of nitrogens with one attached hydrogen (secondary N) is 1. The van der Waals surface area contributed by atoms with Crippen LogP contribution in [-0.4, -0.2) is 47.9 Å². The molecule has 0 unspecified atom stereocenters.